The molecule has 6 heteroatoms. The lowest BCUT2D eigenvalue weighted by Crippen LogP contribution is -2.33. The maximum absolute atomic E-state index is 12.0. The van der Waals surface area contributed by atoms with Crippen molar-refractivity contribution in [2.24, 2.45) is 5.10 Å². The van der Waals surface area contributed by atoms with E-state index in [1.807, 2.05) is 31.2 Å². The Morgan fingerprint density at radius 3 is 2.75 bits per heavy atom. The molecule has 0 bridgehead atoms. The third-order valence-electron chi connectivity index (χ3n) is 3.29. The van der Waals surface area contributed by atoms with Gasteiger partial charge < -0.3 is 9.47 Å². The summed E-state index contributed by atoms with van der Waals surface area (Å²) in [4.78, 5) is 12.0. The van der Waals surface area contributed by atoms with E-state index in [-0.39, 0.29) is 5.91 Å². The van der Waals surface area contributed by atoms with Crippen LogP contribution in [0.1, 0.15) is 18.1 Å². The Kier molecular flexibility index (Phi) is 6.21. The molecule has 1 atom stereocenters. The molecule has 0 saturated heterocycles. The molecule has 0 unspecified atom stereocenters. The van der Waals surface area contributed by atoms with Crippen LogP contribution in [0.5, 0.6) is 11.5 Å². The topological polar surface area (TPSA) is 59.9 Å². The van der Waals surface area contributed by atoms with Crippen LogP contribution in [-0.2, 0) is 4.79 Å². The van der Waals surface area contributed by atoms with Crippen molar-refractivity contribution in [2.75, 3.05) is 7.11 Å². The van der Waals surface area contributed by atoms with Crippen molar-refractivity contribution >= 4 is 23.7 Å². The van der Waals surface area contributed by atoms with Gasteiger partial charge in [-0.25, -0.2) is 5.43 Å². The molecule has 2 rings (SSSR count). The number of hydrazone groups is 1. The zero-order valence-electron chi connectivity index (χ0n) is 13.7. The van der Waals surface area contributed by atoms with E-state index in [4.69, 9.17) is 21.1 Å². The second-order valence-corrected chi connectivity index (χ2v) is 5.59. The van der Waals surface area contributed by atoms with Gasteiger partial charge in [0, 0.05) is 5.02 Å². The van der Waals surface area contributed by atoms with Crippen LogP contribution < -0.4 is 14.9 Å². The van der Waals surface area contributed by atoms with Crippen LogP contribution in [0.4, 0.5) is 0 Å². The number of hydrogen-bond donors (Lipinski definition) is 1. The van der Waals surface area contributed by atoms with Crippen LogP contribution in [0, 0.1) is 6.92 Å². The molecule has 5 nitrogen and oxygen atoms in total. The van der Waals surface area contributed by atoms with Crippen LogP contribution in [0.25, 0.3) is 0 Å². The second kappa shape index (κ2) is 8.36. The number of amides is 1. The number of carbonyl (C=O) groups excluding carboxylic acids is 1. The average Bonchev–Trinajstić information content (AvgIpc) is 2.58. The van der Waals surface area contributed by atoms with Crippen LogP contribution in [-0.4, -0.2) is 25.3 Å². The summed E-state index contributed by atoms with van der Waals surface area (Å²) in [6, 6.07) is 12.6. The minimum atomic E-state index is -0.687. The number of nitrogens with one attached hydrogen (secondary N) is 1. The largest absolute Gasteiger partial charge is 0.497 e. The van der Waals surface area contributed by atoms with E-state index in [9.17, 15) is 4.79 Å². The highest BCUT2D eigenvalue weighted by atomic mass is 35.5. The molecule has 0 aromatic heterocycles. The van der Waals surface area contributed by atoms with E-state index in [1.54, 1.807) is 38.4 Å². The summed E-state index contributed by atoms with van der Waals surface area (Å²) in [7, 11) is 1.59. The normalized spacial score (nSPS) is 12.0. The Hall–Kier alpha value is -2.53. The van der Waals surface area contributed by atoms with Crippen molar-refractivity contribution in [3.63, 3.8) is 0 Å². The highest BCUT2D eigenvalue weighted by Gasteiger charge is 2.14. The number of halogens is 1. The van der Waals surface area contributed by atoms with E-state index in [0.29, 0.717) is 10.8 Å². The van der Waals surface area contributed by atoms with Gasteiger partial charge in [-0.15, -0.1) is 0 Å². The number of methoxy groups -OCH3 is 1. The van der Waals surface area contributed by atoms with E-state index in [1.165, 1.54) is 0 Å². The predicted octanol–water partition coefficient (Wildman–Crippen LogP) is 3.57. The molecule has 2 aromatic carbocycles. The lowest BCUT2D eigenvalue weighted by molar-refractivity contribution is -0.127. The Morgan fingerprint density at radius 1 is 1.25 bits per heavy atom. The van der Waals surface area contributed by atoms with Crippen molar-refractivity contribution < 1.29 is 14.3 Å². The lowest BCUT2D eigenvalue weighted by Gasteiger charge is -2.13. The van der Waals surface area contributed by atoms with Crippen LogP contribution in [0.2, 0.25) is 5.02 Å². The van der Waals surface area contributed by atoms with Gasteiger partial charge in [-0.1, -0.05) is 23.7 Å². The zero-order chi connectivity index (χ0) is 17.5. The highest BCUT2D eigenvalue weighted by Crippen LogP contribution is 2.21. The van der Waals surface area contributed by atoms with Crippen LogP contribution >= 0.6 is 11.6 Å². The van der Waals surface area contributed by atoms with Crippen molar-refractivity contribution in [3.05, 3.63) is 58.6 Å². The Balaban J connectivity index is 1.91. The molecule has 24 heavy (non-hydrogen) atoms. The fraction of sp³-hybridized carbons (Fsp3) is 0.222. The van der Waals surface area contributed by atoms with Gasteiger partial charge in [0.15, 0.2) is 6.10 Å². The van der Waals surface area contributed by atoms with E-state index >= 15 is 0 Å². The van der Waals surface area contributed by atoms with Gasteiger partial charge in [0.25, 0.3) is 5.91 Å². The minimum absolute atomic E-state index is 0.346. The first-order valence-corrected chi connectivity index (χ1v) is 7.77. The Labute approximate surface area is 146 Å². The molecule has 2 aromatic rings. The van der Waals surface area contributed by atoms with Gasteiger partial charge in [-0.2, -0.15) is 5.10 Å². The molecular weight excluding hydrogens is 328 g/mol. The number of nitrogens with zero attached hydrogens (tertiary/aromatic N) is 1. The summed E-state index contributed by atoms with van der Waals surface area (Å²) in [5.74, 6) is 0.957. The lowest BCUT2D eigenvalue weighted by atomic mass is 10.2. The summed E-state index contributed by atoms with van der Waals surface area (Å²) in [5.41, 5.74) is 4.16. The molecule has 0 spiro atoms. The number of carbonyl (C=O) groups is 1. The maximum atomic E-state index is 12.0. The van der Waals surface area contributed by atoms with Gasteiger partial charge >= 0.3 is 0 Å². The molecule has 126 valence electrons. The Bertz CT molecular complexity index is 747. The van der Waals surface area contributed by atoms with Crippen molar-refractivity contribution in [3.8, 4) is 11.5 Å². The van der Waals surface area contributed by atoms with Gasteiger partial charge in [0.05, 0.1) is 13.3 Å². The molecule has 0 radical (unpaired) electrons. The monoisotopic (exact) mass is 346 g/mol. The van der Waals surface area contributed by atoms with Gasteiger partial charge in [-0.3, -0.25) is 4.79 Å². The quantitative estimate of drug-likeness (QED) is 0.642. The maximum Gasteiger partial charge on any atom is 0.280 e. The third-order valence-corrected chi connectivity index (χ3v) is 3.72. The number of benzene rings is 2. The van der Waals surface area contributed by atoms with Crippen molar-refractivity contribution in [1.82, 2.24) is 5.43 Å². The van der Waals surface area contributed by atoms with Crippen molar-refractivity contribution in [1.29, 1.82) is 0 Å². The first kappa shape index (κ1) is 17.8. The minimum Gasteiger partial charge on any atom is -0.497 e. The van der Waals surface area contributed by atoms with E-state index in [2.05, 4.69) is 10.5 Å². The number of hydrogen-bond acceptors (Lipinski definition) is 4. The molecule has 0 fully saturated rings. The molecule has 0 heterocycles. The number of ether oxygens (including phenoxy) is 2. The van der Waals surface area contributed by atoms with Crippen molar-refractivity contribution in [2.45, 2.75) is 20.0 Å². The second-order valence-electron chi connectivity index (χ2n) is 5.18. The first-order valence-electron chi connectivity index (χ1n) is 7.39. The standard InChI is InChI=1S/C18H19ClN2O3/c1-12-9-16(7-8-17(12)19)24-13(2)18(22)21-20-11-14-5-4-6-15(10-14)23-3/h4-11,13H,1-3H3,(H,21,22)/t13-/m0/s1. The average molecular weight is 347 g/mol. The molecule has 1 amide bonds. The molecule has 0 saturated carbocycles. The van der Waals surface area contributed by atoms with E-state index in [0.717, 1.165) is 16.9 Å². The zero-order valence-corrected chi connectivity index (χ0v) is 14.5. The van der Waals surface area contributed by atoms with Gasteiger partial charge in [0.1, 0.15) is 11.5 Å². The van der Waals surface area contributed by atoms with E-state index < -0.39 is 6.10 Å². The summed E-state index contributed by atoms with van der Waals surface area (Å²) >= 11 is 5.97. The summed E-state index contributed by atoms with van der Waals surface area (Å²) in [5, 5.41) is 4.59. The fourth-order valence-corrected chi connectivity index (χ4v) is 2.05. The first-order chi connectivity index (χ1) is 11.5. The Morgan fingerprint density at radius 2 is 2.04 bits per heavy atom. The summed E-state index contributed by atoms with van der Waals surface area (Å²) in [6.07, 6.45) is 0.854. The summed E-state index contributed by atoms with van der Waals surface area (Å²) in [6.45, 7) is 3.53. The molecular formula is C18H19ClN2O3. The smallest absolute Gasteiger partial charge is 0.280 e. The molecule has 0 aliphatic rings. The predicted molar refractivity (Wildman–Crippen MR) is 95.0 cm³/mol. The number of rotatable bonds is 6. The van der Waals surface area contributed by atoms with Gasteiger partial charge in [-0.05, 0) is 55.3 Å². The van der Waals surface area contributed by atoms with Crippen LogP contribution in [0.15, 0.2) is 47.6 Å². The molecule has 0 aliphatic heterocycles. The fourth-order valence-electron chi connectivity index (χ4n) is 1.93. The van der Waals surface area contributed by atoms with Crippen LogP contribution in [0.3, 0.4) is 0 Å². The number of aryl methyl sites for hydroxylation is 1. The SMILES string of the molecule is COc1cccc(C=NNC(=O)[C@H](C)Oc2ccc(Cl)c(C)c2)c1. The molecule has 0 aliphatic carbocycles. The summed E-state index contributed by atoms with van der Waals surface area (Å²) < 4.78 is 10.7. The van der Waals surface area contributed by atoms with Gasteiger partial charge in [0.2, 0.25) is 0 Å². The molecule has 1 N–H and O–H groups in total. The third kappa shape index (κ3) is 4.99. The highest BCUT2D eigenvalue weighted by molar-refractivity contribution is 6.31.